The van der Waals surface area contributed by atoms with Crippen molar-refractivity contribution in [1.82, 2.24) is 9.88 Å². The Morgan fingerprint density at radius 3 is 2.84 bits per heavy atom. The number of rotatable bonds is 3. The van der Waals surface area contributed by atoms with E-state index < -0.39 is 0 Å². The molecule has 0 spiro atoms. The lowest BCUT2D eigenvalue weighted by molar-refractivity contribution is 0.0932. The Labute approximate surface area is 117 Å². The Bertz CT molecular complexity index is 590. The number of thiophene rings is 1. The van der Waals surface area contributed by atoms with E-state index in [1.807, 2.05) is 13.8 Å². The number of carbonyl (C=O) groups is 1. The molecule has 1 aliphatic rings. The summed E-state index contributed by atoms with van der Waals surface area (Å²) in [4.78, 5) is 12.4. The molecule has 0 bridgehead atoms. The van der Waals surface area contributed by atoms with Crippen LogP contribution in [0.15, 0.2) is 17.5 Å². The van der Waals surface area contributed by atoms with Gasteiger partial charge in [0, 0.05) is 12.1 Å². The van der Waals surface area contributed by atoms with Gasteiger partial charge >= 0.3 is 0 Å². The molecule has 1 saturated carbocycles. The maximum absolute atomic E-state index is 12.4. The van der Waals surface area contributed by atoms with Crippen molar-refractivity contribution >= 4 is 27.5 Å². The van der Waals surface area contributed by atoms with Crippen molar-refractivity contribution in [1.29, 1.82) is 0 Å². The van der Waals surface area contributed by atoms with E-state index in [0.717, 1.165) is 5.69 Å². The smallest absolute Gasteiger partial charge is 0.268 e. The molecule has 0 atom stereocenters. The number of aromatic nitrogens is 1. The summed E-state index contributed by atoms with van der Waals surface area (Å²) >= 11 is 1.72. The third-order valence-corrected chi connectivity index (χ3v) is 4.66. The summed E-state index contributed by atoms with van der Waals surface area (Å²) in [7, 11) is 0. The van der Waals surface area contributed by atoms with Crippen molar-refractivity contribution in [3.8, 4) is 0 Å². The van der Waals surface area contributed by atoms with Crippen molar-refractivity contribution in [3.63, 3.8) is 0 Å². The fourth-order valence-electron chi connectivity index (χ4n) is 3.01. The Hall–Kier alpha value is -1.29. The summed E-state index contributed by atoms with van der Waals surface area (Å²) in [6.07, 6.45) is 4.95. The monoisotopic (exact) mass is 276 g/mol. The van der Waals surface area contributed by atoms with Gasteiger partial charge in [-0.3, -0.25) is 4.79 Å². The predicted octanol–water partition coefficient (Wildman–Crippen LogP) is 3.96. The van der Waals surface area contributed by atoms with Crippen molar-refractivity contribution in [2.45, 2.75) is 51.6 Å². The molecule has 19 heavy (non-hydrogen) atoms. The molecule has 1 aliphatic carbocycles. The lowest BCUT2D eigenvalue weighted by atomic mass is 10.2. The lowest BCUT2D eigenvalue weighted by Crippen LogP contribution is -2.32. The molecule has 0 unspecified atom stereocenters. The van der Waals surface area contributed by atoms with E-state index in [1.165, 1.54) is 35.9 Å². The van der Waals surface area contributed by atoms with Crippen LogP contribution in [0.5, 0.6) is 0 Å². The zero-order chi connectivity index (χ0) is 13.4. The standard InChI is InChI=1S/C15H20N2OS/c1-10(2)16-15(18)13-9-14-12(7-8-19-14)17(13)11-5-3-4-6-11/h7-11H,3-6H2,1-2H3,(H,16,18). The van der Waals surface area contributed by atoms with E-state index in [2.05, 4.69) is 27.4 Å². The number of hydrogen-bond donors (Lipinski definition) is 1. The minimum absolute atomic E-state index is 0.0605. The van der Waals surface area contributed by atoms with Crippen LogP contribution in [0, 0.1) is 0 Å². The first-order valence-electron chi connectivity index (χ1n) is 7.06. The van der Waals surface area contributed by atoms with Crippen molar-refractivity contribution < 1.29 is 4.79 Å². The second-order valence-corrected chi connectivity index (χ2v) is 6.58. The first-order chi connectivity index (χ1) is 9.16. The molecule has 2 aromatic heterocycles. The number of nitrogens with zero attached hydrogens (tertiary/aromatic N) is 1. The molecule has 3 rings (SSSR count). The zero-order valence-electron chi connectivity index (χ0n) is 11.5. The number of carbonyl (C=O) groups excluding carboxylic acids is 1. The van der Waals surface area contributed by atoms with Crippen molar-refractivity contribution in [2.24, 2.45) is 0 Å². The third kappa shape index (κ3) is 2.29. The SMILES string of the molecule is CC(C)NC(=O)c1cc2sccc2n1C1CCCC1. The number of hydrogen-bond acceptors (Lipinski definition) is 2. The van der Waals surface area contributed by atoms with Crippen molar-refractivity contribution in [2.75, 3.05) is 0 Å². The Morgan fingerprint density at radius 1 is 1.42 bits per heavy atom. The highest BCUT2D eigenvalue weighted by molar-refractivity contribution is 7.17. The van der Waals surface area contributed by atoms with Crippen LogP contribution >= 0.6 is 11.3 Å². The average Bonchev–Trinajstić information content (AvgIpc) is 3.03. The Kier molecular flexibility index (Phi) is 3.35. The fraction of sp³-hybridized carbons (Fsp3) is 0.533. The molecule has 1 N–H and O–H groups in total. The normalized spacial score (nSPS) is 16.6. The van der Waals surface area contributed by atoms with E-state index in [9.17, 15) is 4.79 Å². The molecular weight excluding hydrogens is 256 g/mol. The van der Waals surface area contributed by atoms with Crippen LogP contribution in [-0.4, -0.2) is 16.5 Å². The largest absolute Gasteiger partial charge is 0.349 e. The molecule has 3 nitrogen and oxygen atoms in total. The second-order valence-electron chi connectivity index (χ2n) is 5.64. The lowest BCUT2D eigenvalue weighted by Gasteiger charge is -2.18. The topological polar surface area (TPSA) is 34.0 Å². The van der Waals surface area contributed by atoms with Crippen LogP contribution < -0.4 is 5.32 Å². The van der Waals surface area contributed by atoms with Gasteiger partial charge in [0.1, 0.15) is 5.69 Å². The first kappa shape index (κ1) is 12.7. The van der Waals surface area contributed by atoms with E-state index >= 15 is 0 Å². The Balaban J connectivity index is 2.04. The van der Waals surface area contributed by atoms with Gasteiger partial charge in [0.05, 0.1) is 10.2 Å². The summed E-state index contributed by atoms with van der Waals surface area (Å²) in [6.45, 7) is 4.01. The van der Waals surface area contributed by atoms with E-state index in [4.69, 9.17) is 0 Å². The van der Waals surface area contributed by atoms with Crippen LogP contribution in [0.2, 0.25) is 0 Å². The summed E-state index contributed by atoms with van der Waals surface area (Å²) in [6, 6.07) is 4.87. The average molecular weight is 276 g/mol. The highest BCUT2D eigenvalue weighted by Crippen LogP contribution is 2.36. The highest BCUT2D eigenvalue weighted by Gasteiger charge is 2.25. The van der Waals surface area contributed by atoms with Crippen LogP contribution in [-0.2, 0) is 0 Å². The fourth-order valence-corrected chi connectivity index (χ4v) is 3.82. The molecule has 1 fully saturated rings. The van der Waals surface area contributed by atoms with E-state index in [1.54, 1.807) is 11.3 Å². The number of nitrogens with one attached hydrogen (secondary N) is 1. The van der Waals surface area contributed by atoms with Gasteiger partial charge in [0.15, 0.2) is 0 Å². The highest BCUT2D eigenvalue weighted by atomic mass is 32.1. The van der Waals surface area contributed by atoms with Gasteiger partial charge in [-0.15, -0.1) is 11.3 Å². The van der Waals surface area contributed by atoms with Gasteiger partial charge in [0.25, 0.3) is 5.91 Å². The van der Waals surface area contributed by atoms with Crippen LogP contribution in [0.1, 0.15) is 56.1 Å². The molecule has 0 saturated heterocycles. The van der Waals surface area contributed by atoms with Gasteiger partial charge < -0.3 is 9.88 Å². The maximum atomic E-state index is 12.4. The van der Waals surface area contributed by atoms with E-state index in [-0.39, 0.29) is 11.9 Å². The van der Waals surface area contributed by atoms with Crippen LogP contribution in [0.25, 0.3) is 10.2 Å². The second kappa shape index (κ2) is 5.00. The minimum Gasteiger partial charge on any atom is -0.349 e. The van der Waals surface area contributed by atoms with Crippen molar-refractivity contribution in [3.05, 3.63) is 23.2 Å². The first-order valence-corrected chi connectivity index (χ1v) is 7.94. The molecule has 0 radical (unpaired) electrons. The number of amides is 1. The Morgan fingerprint density at radius 2 is 2.16 bits per heavy atom. The summed E-state index contributed by atoms with van der Waals surface area (Å²) < 4.78 is 3.50. The molecule has 1 amide bonds. The third-order valence-electron chi connectivity index (χ3n) is 3.80. The number of fused-ring (bicyclic) bond motifs is 1. The van der Waals surface area contributed by atoms with Gasteiger partial charge in [-0.2, -0.15) is 0 Å². The molecule has 0 aromatic carbocycles. The molecule has 2 heterocycles. The molecular formula is C15H20N2OS. The van der Waals surface area contributed by atoms with Crippen LogP contribution in [0.3, 0.4) is 0 Å². The zero-order valence-corrected chi connectivity index (χ0v) is 12.3. The summed E-state index contributed by atoms with van der Waals surface area (Å²) in [5.41, 5.74) is 2.06. The quantitative estimate of drug-likeness (QED) is 0.904. The summed E-state index contributed by atoms with van der Waals surface area (Å²) in [5.74, 6) is 0.0605. The molecule has 4 heteroatoms. The van der Waals surface area contributed by atoms with Gasteiger partial charge in [-0.05, 0) is 44.2 Å². The molecule has 102 valence electrons. The predicted molar refractivity (Wildman–Crippen MR) is 79.9 cm³/mol. The van der Waals surface area contributed by atoms with Crippen LogP contribution in [0.4, 0.5) is 0 Å². The molecule has 2 aromatic rings. The van der Waals surface area contributed by atoms with Gasteiger partial charge in [-0.1, -0.05) is 12.8 Å². The molecule has 0 aliphatic heterocycles. The van der Waals surface area contributed by atoms with E-state index in [0.29, 0.717) is 6.04 Å². The maximum Gasteiger partial charge on any atom is 0.268 e. The summed E-state index contributed by atoms with van der Waals surface area (Å²) in [5, 5.41) is 5.13. The van der Waals surface area contributed by atoms with Gasteiger partial charge in [-0.25, -0.2) is 0 Å². The van der Waals surface area contributed by atoms with Gasteiger partial charge in [0.2, 0.25) is 0 Å². The minimum atomic E-state index is 0.0605.